The van der Waals surface area contributed by atoms with E-state index in [1.165, 1.54) is 11.3 Å². The van der Waals surface area contributed by atoms with E-state index in [-0.39, 0.29) is 12.2 Å². The van der Waals surface area contributed by atoms with E-state index in [1.54, 1.807) is 6.92 Å². The van der Waals surface area contributed by atoms with E-state index < -0.39 is 15.9 Å². The van der Waals surface area contributed by atoms with E-state index in [1.807, 2.05) is 37.3 Å². The van der Waals surface area contributed by atoms with Crippen LogP contribution in [-0.2, 0) is 10.0 Å². The van der Waals surface area contributed by atoms with Crippen molar-refractivity contribution in [1.82, 2.24) is 9.29 Å². The maximum absolute atomic E-state index is 12.6. The Morgan fingerprint density at radius 2 is 1.96 bits per heavy atom. The number of sulfonamides is 1. The van der Waals surface area contributed by atoms with Crippen molar-refractivity contribution >= 4 is 38.1 Å². The molecule has 130 valence electrons. The number of para-hydroxylation sites is 1. The molecule has 1 N–H and O–H groups in total. The van der Waals surface area contributed by atoms with E-state index in [4.69, 9.17) is 0 Å². The van der Waals surface area contributed by atoms with Crippen LogP contribution in [0.1, 0.15) is 35.1 Å². The molecule has 0 bridgehead atoms. The van der Waals surface area contributed by atoms with Crippen LogP contribution >= 0.6 is 11.3 Å². The fourth-order valence-electron chi connectivity index (χ4n) is 2.13. The van der Waals surface area contributed by atoms with Crippen molar-refractivity contribution in [3.05, 3.63) is 40.9 Å². The smallest absolute Gasteiger partial charge is 0.287 e. The molecule has 8 heteroatoms. The number of carbonyl (C=O) groups is 1. The molecule has 1 aromatic heterocycles. The molecule has 0 saturated heterocycles. The molecule has 0 aliphatic heterocycles. The minimum atomic E-state index is -3.62. The molecule has 0 fully saturated rings. The lowest BCUT2D eigenvalue weighted by Gasteiger charge is -2.19. The molecule has 0 atom stereocenters. The number of aromatic nitrogens is 1. The molecule has 0 radical (unpaired) electrons. The summed E-state index contributed by atoms with van der Waals surface area (Å²) in [6.07, 6.45) is 2.47. The van der Waals surface area contributed by atoms with Crippen molar-refractivity contribution in [3.63, 3.8) is 0 Å². The first-order chi connectivity index (χ1) is 11.3. The van der Waals surface area contributed by atoms with Crippen molar-refractivity contribution in [1.29, 1.82) is 0 Å². The number of benzene rings is 1. The summed E-state index contributed by atoms with van der Waals surface area (Å²) in [5.41, 5.74) is 1.04. The summed E-state index contributed by atoms with van der Waals surface area (Å²) in [5.74, 6) is -0.569. The zero-order valence-corrected chi connectivity index (χ0v) is 15.6. The van der Waals surface area contributed by atoms with Crippen LogP contribution in [0.2, 0.25) is 0 Å². The lowest BCUT2D eigenvalue weighted by atomic mass is 10.3. The summed E-state index contributed by atoms with van der Waals surface area (Å²) >= 11 is 1.32. The zero-order valence-electron chi connectivity index (χ0n) is 13.9. The van der Waals surface area contributed by atoms with Crippen LogP contribution < -0.4 is 5.32 Å². The summed E-state index contributed by atoms with van der Waals surface area (Å²) < 4.78 is 24.8. The maximum Gasteiger partial charge on any atom is 0.287 e. The number of rotatable bonds is 7. The molecule has 0 saturated carbocycles. The van der Waals surface area contributed by atoms with E-state index in [0.717, 1.165) is 22.7 Å². The number of anilines is 2. The first-order valence-corrected chi connectivity index (χ1v) is 10.3. The number of hydrogen-bond donors (Lipinski definition) is 1. The topological polar surface area (TPSA) is 79.4 Å². The summed E-state index contributed by atoms with van der Waals surface area (Å²) in [4.78, 5) is 17.6. The second-order valence-corrected chi connectivity index (χ2v) is 8.52. The number of thiazole rings is 1. The molecule has 0 spiro atoms. The van der Waals surface area contributed by atoms with Gasteiger partial charge in [-0.3, -0.25) is 4.79 Å². The lowest BCUT2D eigenvalue weighted by molar-refractivity contribution is 0.0856. The third-order valence-electron chi connectivity index (χ3n) is 3.37. The number of hydrogen-bond acceptors (Lipinski definition) is 6. The van der Waals surface area contributed by atoms with Gasteiger partial charge in [-0.15, -0.1) is 11.3 Å². The molecule has 2 rings (SSSR count). The Morgan fingerprint density at radius 1 is 1.29 bits per heavy atom. The molecule has 0 aliphatic carbocycles. The Hall–Kier alpha value is -1.93. The van der Waals surface area contributed by atoms with Gasteiger partial charge < -0.3 is 5.32 Å². The first kappa shape index (κ1) is 18.4. The van der Waals surface area contributed by atoms with Crippen LogP contribution in [0.4, 0.5) is 10.8 Å². The average molecular weight is 367 g/mol. The largest absolute Gasteiger partial charge is 0.332 e. The van der Waals surface area contributed by atoms with Crippen molar-refractivity contribution in [2.45, 2.75) is 26.7 Å². The Labute approximate surface area is 146 Å². The number of amides is 1. The quantitative estimate of drug-likeness (QED) is 0.811. The highest BCUT2D eigenvalue weighted by atomic mass is 32.2. The number of aryl methyl sites for hydroxylation is 1. The van der Waals surface area contributed by atoms with Crippen LogP contribution in [0.3, 0.4) is 0 Å². The first-order valence-electron chi connectivity index (χ1n) is 7.64. The van der Waals surface area contributed by atoms with Gasteiger partial charge >= 0.3 is 0 Å². The predicted molar refractivity (Wildman–Crippen MR) is 97.4 cm³/mol. The standard InChI is InChI=1S/C16H21N3O3S2/c1-4-5-11-19(24(3,21)22)15(20)14-12(2)23-16(18-14)17-13-9-7-6-8-10-13/h6-10H,4-5,11H2,1-3H3,(H,17,18). The second-order valence-electron chi connectivity index (χ2n) is 5.41. The van der Waals surface area contributed by atoms with Crippen LogP contribution in [0.15, 0.2) is 30.3 Å². The molecular formula is C16H21N3O3S2. The minimum absolute atomic E-state index is 0.173. The normalized spacial score (nSPS) is 11.3. The van der Waals surface area contributed by atoms with Crippen LogP contribution in [0.5, 0.6) is 0 Å². The number of unbranched alkanes of at least 4 members (excludes halogenated alkanes) is 1. The van der Waals surface area contributed by atoms with Crippen LogP contribution in [0, 0.1) is 6.92 Å². The Bertz CT molecular complexity index is 801. The number of carbonyl (C=O) groups excluding carboxylic acids is 1. The van der Waals surface area contributed by atoms with E-state index >= 15 is 0 Å². The maximum atomic E-state index is 12.6. The molecule has 1 aromatic carbocycles. The average Bonchev–Trinajstić information content (AvgIpc) is 2.87. The van der Waals surface area contributed by atoms with Gasteiger partial charge in [0.15, 0.2) is 5.13 Å². The Balaban J connectivity index is 2.25. The van der Waals surface area contributed by atoms with Crippen LogP contribution in [-0.4, -0.2) is 36.4 Å². The minimum Gasteiger partial charge on any atom is -0.332 e. The molecule has 1 amide bonds. The summed E-state index contributed by atoms with van der Waals surface area (Å²) in [5, 5.41) is 3.69. The van der Waals surface area contributed by atoms with Gasteiger partial charge in [-0.25, -0.2) is 17.7 Å². The summed E-state index contributed by atoms with van der Waals surface area (Å²) in [6.45, 7) is 3.88. The third-order valence-corrected chi connectivity index (χ3v) is 5.40. The summed E-state index contributed by atoms with van der Waals surface area (Å²) in [7, 11) is -3.62. The van der Waals surface area contributed by atoms with Gasteiger partial charge in [0.05, 0.1) is 6.26 Å². The number of nitrogens with zero attached hydrogens (tertiary/aromatic N) is 2. The van der Waals surface area contributed by atoms with Crippen molar-refractivity contribution < 1.29 is 13.2 Å². The summed E-state index contributed by atoms with van der Waals surface area (Å²) in [6, 6.07) is 9.48. The zero-order chi connectivity index (χ0) is 17.7. The fraction of sp³-hybridized carbons (Fsp3) is 0.375. The highest BCUT2D eigenvalue weighted by Gasteiger charge is 2.27. The lowest BCUT2D eigenvalue weighted by Crippen LogP contribution is -2.37. The molecule has 6 nitrogen and oxygen atoms in total. The molecule has 0 aliphatic rings. The van der Waals surface area contributed by atoms with Gasteiger partial charge in [0.1, 0.15) is 5.69 Å². The molecule has 24 heavy (non-hydrogen) atoms. The SMILES string of the molecule is CCCCN(C(=O)c1nc(Nc2ccccc2)sc1C)S(C)(=O)=O. The highest BCUT2D eigenvalue weighted by molar-refractivity contribution is 7.88. The monoisotopic (exact) mass is 367 g/mol. The van der Waals surface area contributed by atoms with Gasteiger partial charge in [0.2, 0.25) is 10.0 Å². The molecule has 2 aromatic rings. The van der Waals surface area contributed by atoms with Crippen molar-refractivity contribution in [2.24, 2.45) is 0 Å². The third kappa shape index (κ3) is 4.55. The Kier molecular flexibility index (Phi) is 5.95. The molecular weight excluding hydrogens is 346 g/mol. The van der Waals surface area contributed by atoms with E-state index in [2.05, 4.69) is 10.3 Å². The molecule has 0 unspecified atom stereocenters. The van der Waals surface area contributed by atoms with E-state index in [9.17, 15) is 13.2 Å². The van der Waals surface area contributed by atoms with Crippen molar-refractivity contribution in [2.75, 3.05) is 18.1 Å². The van der Waals surface area contributed by atoms with Gasteiger partial charge in [-0.1, -0.05) is 31.5 Å². The predicted octanol–water partition coefficient (Wildman–Crippen LogP) is 3.40. The molecule has 1 heterocycles. The highest BCUT2D eigenvalue weighted by Crippen LogP contribution is 2.26. The fourth-order valence-corrected chi connectivity index (χ4v) is 3.80. The van der Waals surface area contributed by atoms with E-state index in [0.29, 0.717) is 16.4 Å². The number of nitrogens with one attached hydrogen (secondary N) is 1. The second kappa shape index (κ2) is 7.76. The van der Waals surface area contributed by atoms with Gasteiger partial charge in [-0.2, -0.15) is 0 Å². The van der Waals surface area contributed by atoms with Gasteiger partial charge in [0, 0.05) is 17.1 Å². The Morgan fingerprint density at radius 3 is 2.54 bits per heavy atom. The van der Waals surface area contributed by atoms with Crippen LogP contribution in [0.25, 0.3) is 0 Å². The van der Waals surface area contributed by atoms with Crippen molar-refractivity contribution in [3.8, 4) is 0 Å². The van der Waals surface area contributed by atoms with Gasteiger partial charge in [-0.05, 0) is 25.5 Å². The van der Waals surface area contributed by atoms with Gasteiger partial charge in [0.25, 0.3) is 5.91 Å².